The number of hydrogen-bond donors (Lipinski definition) is 2. The van der Waals surface area contributed by atoms with Crippen LogP contribution in [0.3, 0.4) is 0 Å². The van der Waals surface area contributed by atoms with Crippen LogP contribution in [0.15, 0.2) is 59.5 Å². The molecule has 0 saturated heterocycles. The van der Waals surface area contributed by atoms with Crippen LogP contribution in [-0.4, -0.2) is 23.3 Å². The van der Waals surface area contributed by atoms with Gasteiger partial charge in [-0.1, -0.05) is 49.4 Å². The van der Waals surface area contributed by atoms with E-state index >= 15 is 0 Å². The van der Waals surface area contributed by atoms with Crippen LogP contribution in [0.4, 0.5) is 0 Å². The molecule has 0 aliphatic carbocycles. The summed E-state index contributed by atoms with van der Waals surface area (Å²) in [4.78, 5) is 12.6. The third kappa shape index (κ3) is 4.83. The average molecular weight is 301 g/mol. The van der Waals surface area contributed by atoms with E-state index in [9.17, 15) is 9.90 Å². The Morgan fingerprint density at radius 3 is 2.52 bits per heavy atom. The first-order valence-corrected chi connectivity index (χ1v) is 7.88. The van der Waals surface area contributed by atoms with Gasteiger partial charge < -0.3 is 10.4 Å². The second kappa shape index (κ2) is 7.74. The van der Waals surface area contributed by atoms with E-state index < -0.39 is 0 Å². The zero-order valence-corrected chi connectivity index (χ0v) is 12.8. The molecule has 1 atom stereocenters. The maximum Gasteiger partial charge on any atom is 0.230 e. The van der Waals surface area contributed by atoms with Gasteiger partial charge in [0.2, 0.25) is 5.91 Å². The molecule has 0 radical (unpaired) electrons. The Kier molecular flexibility index (Phi) is 5.69. The van der Waals surface area contributed by atoms with E-state index in [-0.39, 0.29) is 17.6 Å². The molecule has 4 heteroatoms. The van der Waals surface area contributed by atoms with Crippen LogP contribution in [0.2, 0.25) is 0 Å². The number of phenols is 1. The number of thioether (sulfide) groups is 1. The van der Waals surface area contributed by atoms with Crippen molar-refractivity contribution in [3.8, 4) is 5.75 Å². The highest BCUT2D eigenvalue weighted by Crippen LogP contribution is 2.27. The van der Waals surface area contributed by atoms with Crippen molar-refractivity contribution >= 4 is 17.7 Å². The van der Waals surface area contributed by atoms with Gasteiger partial charge in [0.05, 0.1) is 5.75 Å². The molecule has 0 aromatic heterocycles. The van der Waals surface area contributed by atoms with Gasteiger partial charge in [0.25, 0.3) is 0 Å². The Morgan fingerprint density at radius 2 is 1.81 bits per heavy atom. The third-order valence-electron chi connectivity index (χ3n) is 3.20. The molecule has 0 bridgehead atoms. The van der Waals surface area contributed by atoms with Gasteiger partial charge in [0.1, 0.15) is 5.75 Å². The summed E-state index contributed by atoms with van der Waals surface area (Å²) in [6.07, 6.45) is 0. The van der Waals surface area contributed by atoms with Crippen LogP contribution < -0.4 is 5.32 Å². The molecule has 2 aromatic carbocycles. The fraction of sp³-hybridized carbons (Fsp3) is 0.235. The van der Waals surface area contributed by atoms with Gasteiger partial charge in [0.15, 0.2) is 0 Å². The lowest BCUT2D eigenvalue weighted by Gasteiger charge is -2.13. The lowest BCUT2D eigenvalue weighted by Crippen LogP contribution is -2.28. The van der Waals surface area contributed by atoms with Crippen molar-refractivity contribution in [1.82, 2.24) is 5.32 Å². The summed E-state index contributed by atoms with van der Waals surface area (Å²) < 4.78 is 0. The molecular formula is C17H19NO2S. The minimum absolute atomic E-state index is 0.0222. The number of hydrogen-bond acceptors (Lipinski definition) is 3. The van der Waals surface area contributed by atoms with Crippen molar-refractivity contribution in [2.75, 3.05) is 12.3 Å². The van der Waals surface area contributed by atoms with Gasteiger partial charge in [-0.25, -0.2) is 0 Å². The summed E-state index contributed by atoms with van der Waals surface area (Å²) in [5.41, 5.74) is 1.21. The maximum absolute atomic E-state index is 11.8. The van der Waals surface area contributed by atoms with Crippen molar-refractivity contribution < 1.29 is 9.90 Å². The Morgan fingerprint density at radius 1 is 1.14 bits per heavy atom. The summed E-state index contributed by atoms with van der Waals surface area (Å²) >= 11 is 1.34. The van der Waals surface area contributed by atoms with E-state index in [1.807, 2.05) is 24.3 Å². The van der Waals surface area contributed by atoms with Crippen LogP contribution in [-0.2, 0) is 4.79 Å². The maximum atomic E-state index is 11.8. The smallest absolute Gasteiger partial charge is 0.230 e. The van der Waals surface area contributed by atoms with Gasteiger partial charge >= 0.3 is 0 Å². The highest BCUT2D eigenvalue weighted by Gasteiger charge is 2.09. The van der Waals surface area contributed by atoms with E-state index in [0.717, 1.165) is 4.90 Å². The molecule has 2 aromatic rings. The predicted molar refractivity (Wildman–Crippen MR) is 86.7 cm³/mol. The molecule has 110 valence electrons. The fourth-order valence-corrected chi connectivity index (χ4v) is 2.72. The zero-order chi connectivity index (χ0) is 15.1. The molecule has 1 unspecified atom stereocenters. The summed E-state index contributed by atoms with van der Waals surface area (Å²) in [6, 6.07) is 17.2. The largest absolute Gasteiger partial charge is 0.507 e. The molecule has 2 rings (SSSR count). The Bertz CT molecular complexity index is 586. The summed E-state index contributed by atoms with van der Waals surface area (Å²) in [7, 11) is 0. The summed E-state index contributed by atoms with van der Waals surface area (Å²) in [5, 5.41) is 12.6. The molecular weight excluding hydrogens is 282 g/mol. The molecule has 0 aliphatic rings. The number of aromatic hydroxyl groups is 1. The first-order chi connectivity index (χ1) is 10.2. The fourth-order valence-electron chi connectivity index (χ4n) is 1.94. The van der Waals surface area contributed by atoms with Crippen molar-refractivity contribution in [2.45, 2.75) is 17.7 Å². The number of amides is 1. The van der Waals surface area contributed by atoms with E-state index in [0.29, 0.717) is 12.3 Å². The molecule has 0 aliphatic heterocycles. The molecule has 0 fully saturated rings. The lowest BCUT2D eigenvalue weighted by molar-refractivity contribution is -0.118. The Balaban J connectivity index is 1.76. The highest BCUT2D eigenvalue weighted by molar-refractivity contribution is 8.00. The normalized spacial score (nSPS) is 11.9. The minimum Gasteiger partial charge on any atom is -0.507 e. The number of benzene rings is 2. The molecule has 21 heavy (non-hydrogen) atoms. The van der Waals surface area contributed by atoms with Gasteiger partial charge in [-0.05, 0) is 23.6 Å². The number of carbonyl (C=O) groups is 1. The summed E-state index contributed by atoms with van der Waals surface area (Å²) in [6.45, 7) is 2.70. The lowest BCUT2D eigenvalue weighted by atomic mass is 10.0. The van der Waals surface area contributed by atoms with Crippen molar-refractivity contribution in [1.29, 1.82) is 0 Å². The van der Waals surface area contributed by atoms with Gasteiger partial charge in [-0.15, -0.1) is 11.8 Å². The third-order valence-corrected chi connectivity index (χ3v) is 4.26. The predicted octanol–water partition coefficient (Wildman–Crippen LogP) is 3.40. The van der Waals surface area contributed by atoms with Gasteiger partial charge in [-0.3, -0.25) is 4.79 Å². The average Bonchev–Trinajstić information content (AvgIpc) is 2.52. The molecule has 0 spiro atoms. The quantitative estimate of drug-likeness (QED) is 0.804. The zero-order valence-electron chi connectivity index (χ0n) is 12.0. The number of carbonyl (C=O) groups excluding carboxylic acids is 1. The minimum atomic E-state index is -0.0222. The van der Waals surface area contributed by atoms with Gasteiger partial charge in [0, 0.05) is 11.4 Å². The molecule has 2 N–H and O–H groups in total. The van der Waals surface area contributed by atoms with Gasteiger partial charge in [-0.2, -0.15) is 0 Å². The second-order valence-corrected chi connectivity index (χ2v) is 5.89. The second-order valence-electron chi connectivity index (χ2n) is 4.87. The summed E-state index contributed by atoms with van der Waals surface area (Å²) in [5.74, 6) is 0.781. The van der Waals surface area contributed by atoms with E-state index in [4.69, 9.17) is 0 Å². The van der Waals surface area contributed by atoms with Crippen molar-refractivity contribution in [2.24, 2.45) is 0 Å². The van der Waals surface area contributed by atoms with Crippen LogP contribution in [0, 0.1) is 0 Å². The number of para-hydroxylation sites is 1. The van der Waals surface area contributed by atoms with E-state index in [1.54, 1.807) is 18.2 Å². The monoisotopic (exact) mass is 301 g/mol. The number of nitrogens with one attached hydrogen (secondary N) is 1. The molecule has 3 nitrogen and oxygen atoms in total. The number of phenolic OH excluding ortho intramolecular Hbond substituents is 1. The van der Waals surface area contributed by atoms with Crippen LogP contribution in [0.1, 0.15) is 18.4 Å². The standard InChI is InChI=1S/C17H19NO2S/c1-13(14-7-3-2-4-8-14)11-18-17(20)12-21-16-10-6-5-9-15(16)19/h2-10,13,19H,11-12H2,1H3,(H,18,20). The first-order valence-electron chi connectivity index (χ1n) is 6.89. The highest BCUT2D eigenvalue weighted by atomic mass is 32.2. The van der Waals surface area contributed by atoms with Crippen LogP contribution in [0.5, 0.6) is 5.75 Å². The molecule has 0 heterocycles. The van der Waals surface area contributed by atoms with Crippen molar-refractivity contribution in [3.63, 3.8) is 0 Å². The van der Waals surface area contributed by atoms with E-state index in [2.05, 4.69) is 24.4 Å². The number of rotatable bonds is 6. The molecule has 1 amide bonds. The SMILES string of the molecule is CC(CNC(=O)CSc1ccccc1O)c1ccccc1. The molecule has 0 saturated carbocycles. The van der Waals surface area contributed by atoms with Crippen LogP contribution >= 0.6 is 11.8 Å². The van der Waals surface area contributed by atoms with Crippen LogP contribution in [0.25, 0.3) is 0 Å². The topological polar surface area (TPSA) is 49.3 Å². The van der Waals surface area contributed by atoms with E-state index in [1.165, 1.54) is 17.3 Å². The first kappa shape index (κ1) is 15.4. The Hall–Kier alpha value is -1.94. The van der Waals surface area contributed by atoms with Crippen molar-refractivity contribution in [3.05, 3.63) is 60.2 Å². The Labute approximate surface area is 129 Å².